The predicted octanol–water partition coefficient (Wildman–Crippen LogP) is 3.31. The fourth-order valence-corrected chi connectivity index (χ4v) is 4.73. The van der Waals surface area contributed by atoms with Crippen molar-refractivity contribution in [1.29, 1.82) is 0 Å². The lowest BCUT2D eigenvalue weighted by Crippen LogP contribution is -2.47. The molecule has 2 fully saturated rings. The monoisotopic (exact) mass is 438 g/mol. The molecule has 0 radical (unpaired) electrons. The van der Waals surface area contributed by atoms with E-state index < -0.39 is 0 Å². The standard InChI is InChI=1S/C24H34N6O2/c1-18-17-19(2)26-23(25-18)29-13-9-20(10-14-29)28-11-6-12-30(16-15-28)24(31)27-21-7-4-5-8-22(21)32-3/h4-5,7-8,17,20H,6,9-16H2,1-3H3,(H,27,31). The van der Waals surface area contributed by atoms with Gasteiger partial charge in [0.1, 0.15) is 5.75 Å². The average molecular weight is 439 g/mol. The zero-order valence-corrected chi connectivity index (χ0v) is 19.4. The van der Waals surface area contributed by atoms with Gasteiger partial charge in [0.15, 0.2) is 0 Å². The zero-order chi connectivity index (χ0) is 22.5. The quantitative estimate of drug-likeness (QED) is 0.790. The van der Waals surface area contributed by atoms with Crippen LogP contribution in [0.4, 0.5) is 16.4 Å². The summed E-state index contributed by atoms with van der Waals surface area (Å²) in [6.07, 6.45) is 3.19. The number of nitrogens with zero attached hydrogens (tertiary/aromatic N) is 5. The van der Waals surface area contributed by atoms with Gasteiger partial charge in [-0.1, -0.05) is 12.1 Å². The lowest BCUT2D eigenvalue weighted by atomic mass is 10.0. The molecule has 0 saturated carbocycles. The molecule has 1 aromatic heterocycles. The molecule has 8 nitrogen and oxygen atoms in total. The number of para-hydroxylation sites is 2. The van der Waals surface area contributed by atoms with Crippen LogP contribution in [0.3, 0.4) is 0 Å². The highest BCUT2D eigenvalue weighted by Crippen LogP contribution is 2.24. The third-order valence-corrected chi connectivity index (χ3v) is 6.40. The van der Waals surface area contributed by atoms with E-state index in [1.807, 2.05) is 49.1 Å². The summed E-state index contributed by atoms with van der Waals surface area (Å²) >= 11 is 0. The lowest BCUT2D eigenvalue weighted by molar-refractivity contribution is 0.172. The Kier molecular flexibility index (Phi) is 7.09. The Balaban J connectivity index is 1.29. The van der Waals surface area contributed by atoms with Gasteiger partial charge in [0.05, 0.1) is 12.8 Å². The molecule has 4 rings (SSSR count). The Morgan fingerprint density at radius 2 is 1.72 bits per heavy atom. The Labute approximate surface area is 190 Å². The van der Waals surface area contributed by atoms with Crippen LogP contribution in [0.25, 0.3) is 0 Å². The number of anilines is 2. The molecule has 32 heavy (non-hydrogen) atoms. The van der Waals surface area contributed by atoms with Gasteiger partial charge in [-0.25, -0.2) is 14.8 Å². The summed E-state index contributed by atoms with van der Waals surface area (Å²) in [5.41, 5.74) is 2.75. The first-order valence-electron chi connectivity index (χ1n) is 11.5. The van der Waals surface area contributed by atoms with Crippen molar-refractivity contribution in [2.24, 2.45) is 0 Å². The fourth-order valence-electron chi connectivity index (χ4n) is 4.73. The van der Waals surface area contributed by atoms with Gasteiger partial charge >= 0.3 is 6.03 Å². The Bertz CT molecular complexity index is 908. The summed E-state index contributed by atoms with van der Waals surface area (Å²) < 4.78 is 5.35. The normalized spacial score (nSPS) is 18.3. The van der Waals surface area contributed by atoms with Gasteiger partial charge < -0.3 is 19.9 Å². The topological polar surface area (TPSA) is 73.8 Å². The zero-order valence-electron chi connectivity index (χ0n) is 19.4. The number of urea groups is 1. The van der Waals surface area contributed by atoms with Crippen LogP contribution in [0.2, 0.25) is 0 Å². The number of nitrogens with one attached hydrogen (secondary N) is 1. The summed E-state index contributed by atoms with van der Waals surface area (Å²) in [5.74, 6) is 1.54. The minimum absolute atomic E-state index is 0.0573. The Hall–Kier alpha value is -2.87. The first-order valence-corrected chi connectivity index (χ1v) is 11.5. The van der Waals surface area contributed by atoms with Crippen LogP contribution in [0.15, 0.2) is 30.3 Å². The molecule has 0 aliphatic carbocycles. The highest BCUT2D eigenvalue weighted by Gasteiger charge is 2.28. The molecule has 172 valence electrons. The van der Waals surface area contributed by atoms with E-state index in [2.05, 4.69) is 25.1 Å². The van der Waals surface area contributed by atoms with Crippen molar-refractivity contribution in [1.82, 2.24) is 19.8 Å². The van der Waals surface area contributed by atoms with Crippen LogP contribution < -0.4 is 15.0 Å². The highest BCUT2D eigenvalue weighted by atomic mass is 16.5. The van der Waals surface area contributed by atoms with Crippen molar-refractivity contribution in [3.05, 3.63) is 41.7 Å². The number of aryl methyl sites for hydroxylation is 2. The van der Waals surface area contributed by atoms with E-state index in [1.165, 1.54) is 0 Å². The summed E-state index contributed by atoms with van der Waals surface area (Å²) in [6, 6.07) is 10.0. The molecule has 1 aromatic carbocycles. The van der Waals surface area contributed by atoms with Gasteiger partial charge in [-0.2, -0.15) is 0 Å². The number of ether oxygens (including phenoxy) is 1. The van der Waals surface area contributed by atoms with Gasteiger partial charge in [0, 0.05) is 56.7 Å². The van der Waals surface area contributed by atoms with Gasteiger partial charge in [0.25, 0.3) is 0 Å². The predicted molar refractivity (Wildman–Crippen MR) is 127 cm³/mol. The molecule has 3 heterocycles. The largest absolute Gasteiger partial charge is 0.495 e. The number of hydrogen-bond donors (Lipinski definition) is 1. The number of piperidine rings is 1. The maximum Gasteiger partial charge on any atom is 0.321 e. The molecule has 2 amide bonds. The van der Waals surface area contributed by atoms with E-state index in [4.69, 9.17) is 4.74 Å². The van der Waals surface area contributed by atoms with Gasteiger partial charge in [0.2, 0.25) is 5.95 Å². The average Bonchev–Trinajstić information content (AvgIpc) is 3.05. The lowest BCUT2D eigenvalue weighted by Gasteiger charge is -2.38. The number of carbonyl (C=O) groups excluding carboxylic acids is 1. The van der Waals surface area contributed by atoms with Crippen LogP contribution >= 0.6 is 0 Å². The van der Waals surface area contributed by atoms with Crippen molar-refractivity contribution in [3.8, 4) is 5.75 Å². The number of amides is 2. The van der Waals surface area contributed by atoms with Crippen LogP contribution in [0.5, 0.6) is 5.75 Å². The molecule has 2 saturated heterocycles. The third kappa shape index (κ3) is 5.30. The Morgan fingerprint density at radius 1 is 1.00 bits per heavy atom. The fraction of sp³-hybridized carbons (Fsp3) is 0.542. The van der Waals surface area contributed by atoms with Crippen molar-refractivity contribution < 1.29 is 9.53 Å². The maximum absolute atomic E-state index is 12.8. The molecule has 1 N–H and O–H groups in total. The number of hydrogen-bond acceptors (Lipinski definition) is 6. The van der Waals surface area contributed by atoms with Crippen molar-refractivity contribution in [2.45, 2.75) is 39.2 Å². The SMILES string of the molecule is COc1ccccc1NC(=O)N1CCCN(C2CCN(c3nc(C)cc(C)n3)CC2)CC1. The van der Waals surface area contributed by atoms with Crippen molar-refractivity contribution in [3.63, 3.8) is 0 Å². The van der Waals surface area contributed by atoms with E-state index >= 15 is 0 Å². The Morgan fingerprint density at radius 3 is 2.44 bits per heavy atom. The van der Waals surface area contributed by atoms with Gasteiger partial charge in [-0.05, 0) is 51.3 Å². The second kappa shape index (κ2) is 10.2. The van der Waals surface area contributed by atoms with E-state index in [0.717, 1.165) is 75.9 Å². The van der Waals surface area contributed by atoms with Crippen LogP contribution in [-0.2, 0) is 0 Å². The van der Waals surface area contributed by atoms with E-state index in [-0.39, 0.29) is 6.03 Å². The minimum Gasteiger partial charge on any atom is -0.495 e. The van der Waals surface area contributed by atoms with Crippen molar-refractivity contribution in [2.75, 3.05) is 56.6 Å². The number of rotatable bonds is 4. The summed E-state index contributed by atoms with van der Waals surface area (Å²) in [4.78, 5) is 28.9. The summed E-state index contributed by atoms with van der Waals surface area (Å²) in [5, 5.41) is 3.01. The van der Waals surface area contributed by atoms with E-state index in [9.17, 15) is 4.79 Å². The molecule has 0 unspecified atom stereocenters. The molecule has 8 heteroatoms. The number of carbonyl (C=O) groups is 1. The first-order chi connectivity index (χ1) is 15.5. The molecular formula is C24H34N6O2. The van der Waals surface area contributed by atoms with Gasteiger partial charge in [-0.15, -0.1) is 0 Å². The van der Waals surface area contributed by atoms with Gasteiger partial charge in [-0.3, -0.25) is 4.90 Å². The maximum atomic E-state index is 12.8. The van der Waals surface area contributed by atoms with E-state index in [1.54, 1.807) is 7.11 Å². The van der Waals surface area contributed by atoms with Crippen LogP contribution in [-0.4, -0.2) is 78.2 Å². The number of benzene rings is 1. The number of aromatic nitrogens is 2. The molecule has 2 aromatic rings. The summed E-state index contributed by atoms with van der Waals surface area (Å²) in [6.45, 7) is 9.45. The highest BCUT2D eigenvalue weighted by molar-refractivity contribution is 5.91. The molecule has 2 aliphatic heterocycles. The van der Waals surface area contributed by atoms with E-state index in [0.29, 0.717) is 17.5 Å². The minimum atomic E-state index is -0.0573. The van der Waals surface area contributed by atoms with Crippen molar-refractivity contribution >= 4 is 17.7 Å². The number of methoxy groups -OCH3 is 1. The second-order valence-corrected chi connectivity index (χ2v) is 8.68. The molecule has 0 bridgehead atoms. The smallest absolute Gasteiger partial charge is 0.321 e. The van der Waals surface area contributed by atoms with Crippen LogP contribution in [0, 0.1) is 13.8 Å². The first kappa shape index (κ1) is 22.3. The molecule has 2 aliphatic rings. The molecular weight excluding hydrogens is 404 g/mol. The second-order valence-electron chi connectivity index (χ2n) is 8.68. The summed E-state index contributed by atoms with van der Waals surface area (Å²) in [7, 11) is 1.62. The third-order valence-electron chi connectivity index (χ3n) is 6.40. The van der Waals surface area contributed by atoms with Crippen LogP contribution in [0.1, 0.15) is 30.7 Å². The molecule has 0 spiro atoms. The molecule has 0 atom stereocenters.